The van der Waals surface area contributed by atoms with E-state index < -0.39 is 0 Å². The van der Waals surface area contributed by atoms with Gasteiger partial charge in [0, 0.05) is 15.5 Å². The van der Waals surface area contributed by atoms with Gasteiger partial charge in [-0.2, -0.15) is 0 Å². The highest BCUT2D eigenvalue weighted by molar-refractivity contribution is 8.00. The van der Waals surface area contributed by atoms with E-state index in [2.05, 4.69) is 6.92 Å². The molecule has 0 aliphatic carbocycles. The van der Waals surface area contributed by atoms with Gasteiger partial charge < -0.3 is 4.74 Å². The monoisotopic (exact) mass is 320 g/mol. The summed E-state index contributed by atoms with van der Waals surface area (Å²) in [6.07, 6.45) is 0.969. The van der Waals surface area contributed by atoms with Crippen molar-refractivity contribution in [3.8, 4) is 5.75 Å². The van der Waals surface area contributed by atoms with E-state index in [-0.39, 0.29) is 5.78 Å². The van der Waals surface area contributed by atoms with Crippen molar-refractivity contribution in [2.24, 2.45) is 0 Å². The summed E-state index contributed by atoms with van der Waals surface area (Å²) in [6.45, 7) is 2.75. The van der Waals surface area contributed by atoms with E-state index in [1.165, 1.54) is 11.8 Å². The molecule has 0 radical (unpaired) electrons. The molecular formula is C17H17ClO2S. The fourth-order valence-corrected chi connectivity index (χ4v) is 2.85. The van der Waals surface area contributed by atoms with Crippen molar-refractivity contribution in [1.82, 2.24) is 0 Å². The number of ether oxygens (including phenoxy) is 1. The molecule has 0 heterocycles. The van der Waals surface area contributed by atoms with Gasteiger partial charge in [-0.15, -0.1) is 11.8 Å². The number of halogens is 1. The fraction of sp³-hybridized carbons (Fsp3) is 0.235. The van der Waals surface area contributed by atoms with Crippen molar-refractivity contribution in [2.45, 2.75) is 18.2 Å². The van der Waals surface area contributed by atoms with Gasteiger partial charge >= 0.3 is 0 Å². The molecule has 0 aliphatic rings. The zero-order chi connectivity index (χ0) is 15.1. The van der Waals surface area contributed by atoms with Crippen LogP contribution in [0, 0.1) is 0 Å². The van der Waals surface area contributed by atoms with Crippen LogP contribution in [0.1, 0.15) is 23.7 Å². The number of benzene rings is 2. The molecule has 0 atom stereocenters. The maximum Gasteiger partial charge on any atom is 0.173 e. The Bertz CT molecular complexity index is 596. The van der Waals surface area contributed by atoms with Crippen molar-refractivity contribution in [3.63, 3.8) is 0 Å². The molecule has 21 heavy (non-hydrogen) atoms. The summed E-state index contributed by atoms with van der Waals surface area (Å²) >= 11 is 7.41. The molecule has 0 spiro atoms. The predicted molar refractivity (Wildman–Crippen MR) is 88.7 cm³/mol. The highest BCUT2D eigenvalue weighted by atomic mass is 35.5. The Kier molecular flexibility index (Phi) is 6.15. The Morgan fingerprint density at radius 2 is 1.95 bits per heavy atom. The molecular weight excluding hydrogens is 304 g/mol. The molecule has 0 amide bonds. The van der Waals surface area contributed by atoms with Crippen LogP contribution in [0.5, 0.6) is 5.75 Å². The van der Waals surface area contributed by atoms with Crippen molar-refractivity contribution >= 4 is 29.1 Å². The number of carbonyl (C=O) groups excluding carboxylic acids is 1. The maximum atomic E-state index is 12.1. The van der Waals surface area contributed by atoms with Crippen molar-refractivity contribution in [3.05, 3.63) is 59.1 Å². The van der Waals surface area contributed by atoms with Crippen LogP contribution in [0.15, 0.2) is 53.4 Å². The topological polar surface area (TPSA) is 26.3 Å². The van der Waals surface area contributed by atoms with Crippen LogP contribution in [0.4, 0.5) is 0 Å². The molecule has 2 aromatic rings. The SMILES string of the molecule is CCCOc1ccc(C(=O)CSc2cccc(Cl)c2)cc1. The minimum absolute atomic E-state index is 0.0991. The van der Waals surface area contributed by atoms with E-state index in [1.807, 2.05) is 48.5 Å². The average molecular weight is 321 g/mol. The van der Waals surface area contributed by atoms with Gasteiger partial charge in [-0.1, -0.05) is 24.6 Å². The number of thioether (sulfide) groups is 1. The normalized spacial score (nSPS) is 10.4. The third kappa shape index (κ3) is 5.10. The van der Waals surface area contributed by atoms with Gasteiger partial charge in [0.05, 0.1) is 12.4 Å². The lowest BCUT2D eigenvalue weighted by atomic mass is 10.1. The maximum absolute atomic E-state index is 12.1. The molecule has 110 valence electrons. The van der Waals surface area contributed by atoms with Gasteiger partial charge in [-0.3, -0.25) is 4.79 Å². The highest BCUT2D eigenvalue weighted by Crippen LogP contribution is 2.23. The van der Waals surface area contributed by atoms with Crippen LogP contribution < -0.4 is 4.74 Å². The zero-order valence-electron chi connectivity index (χ0n) is 11.8. The number of hydrogen-bond donors (Lipinski definition) is 0. The number of ketones is 1. The smallest absolute Gasteiger partial charge is 0.173 e. The number of rotatable bonds is 7. The van der Waals surface area contributed by atoms with Crippen molar-refractivity contribution in [1.29, 1.82) is 0 Å². The molecule has 2 nitrogen and oxygen atoms in total. The second-order valence-corrected chi connectivity index (χ2v) is 6.03. The van der Waals surface area contributed by atoms with Crippen molar-refractivity contribution in [2.75, 3.05) is 12.4 Å². The average Bonchev–Trinajstić information content (AvgIpc) is 2.51. The van der Waals surface area contributed by atoms with Gasteiger partial charge in [0.15, 0.2) is 5.78 Å². The Hall–Kier alpha value is -1.45. The number of hydrogen-bond acceptors (Lipinski definition) is 3. The molecule has 0 saturated heterocycles. The van der Waals surface area contributed by atoms with Crippen LogP contribution in [-0.4, -0.2) is 18.1 Å². The fourth-order valence-electron chi connectivity index (χ4n) is 1.75. The molecule has 0 N–H and O–H groups in total. The second kappa shape index (κ2) is 8.11. The zero-order valence-corrected chi connectivity index (χ0v) is 13.4. The van der Waals surface area contributed by atoms with Gasteiger partial charge in [0.2, 0.25) is 0 Å². The molecule has 0 saturated carbocycles. The molecule has 0 aliphatic heterocycles. The first-order valence-electron chi connectivity index (χ1n) is 6.83. The van der Waals surface area contributed by atoms with Crippen LogP contribution in [0.25, 0.3) is 0 Å². The van der Waals surface area contributed by atoms with E-state index in [1.54, 1.807) is 0 Å². The number of Topliss-reactive ketones (excluding diaryl/α,β-unsaturated/α-hetero) is 1. The van der Waals surface area contributed by atoms with Crippen LogP contribution in [0.3, 0.4) is 0 Å². The Labute approximate surface area is 134 Å². The third-order valence-electron chi connectivity index (χ3n) is 2.82. The molecule has 2 rings (SSSR count). The first kappa shape index (κ1) is 15.9. The van der Waals surface area contributed by atoms with E-state index >= 15 is 0 Å². The Morgan fingerprint density at radius 3 is 2.62 bits per heavy atom. The van der Waals surface area contributed by atoms with Crippen LogP contribution in [0.2, 0.25) is 5.02 Å². The summed E-state index contributed by atoms with van der Waals surface area (Å²) in [5.74, 6) is 1.30. The van der Waals surface area contributed by atoms with E-state index in [0.717, 1.165) is 17.1 Å². The quantitative estimate of drug-likeness (QED) is 0.524. The lowest BCUT2D eigenvalue weighted by molar-refractivity contribution is 0.102. The largest absolute Gasteiger partial charge is 0.494 e. The van der Waals surface area contributed by atoms with Gasteiger partial charge in [-0.25, -0.2) is 0 Å². The van der Waals surface area contributed by atoms with E-state index in [0.29, 0.717) is 22.9 Å². The molecule has 0 fully saturated rings. The summed E-state index contributed by atoms with van der Waals surface area (Å²) in [4.78, 5) is 13.1. The summed E-state index contributed by atoms with van der Waals surface area (Å²) in [6, 6.07) is 14.8. The van der Waals surface area contributed by atoms with Gasteiger partial charge in [-0.05, 0) is 48.9 Å². The summed E-state index contributed by atoms with van der Waals surface area (Å²) < 4.78 is 5.50. The van der Waals surface area contributed by atoms with Gasteiger partial charge in [0.25, 0.3) is 0 Å². The molecule has 2 aromatic carbocycles. The Balaban J connectivity index is 1.91. The first-order chi connectivity index (χ1) is 10.2. The lowest BCUT2D eigenvalue weighted by Crippen LogP contribution is -2.02. The number of carbonyl (C=O) groups is 1. The molecule has 0 unspecified atom stereocenters. The highest BCUT2D eigenvalue weighted by Gasteiger charge is 2.07. The minimum atomic E-state index is 0.0991. The summed E-state index contributed by atoms with van der Waals surface area (Å²) in [5, 5.41) is 0.685. The van der Waals surface area contributed by atoms with E-state index in [9.17, 15) is 4.79 Å². The molecule has 0 bridgehead atoms. The predicted octanol–water partition coefficient (Wildman–Crippen LogP) is 5.10. The lowest BCUT2D eigenvalue weighted by Gasteiger charge is -2.06. The third-order valence-corrected chi connectivity index (χ3v) is 4.04. The van der Waals surface area contributed by atoms with Crippen LogP contribution >= 0.6 is 23.4 Å². The van der Waals surface area contributed by atoms with E-state index in [4.69, 9.17) is 16.3 Å². The second-order valence-electron chi connectivity index (χ2n) is 4.54. The minimum Gasteiger partial charge on any atom is -0.494 e. The van der Waals surface area contributed by atoms with Crippen LogP contribution in [-0.2, 0) is 0 Å². The summed E-state index contributed by atoms with van der Waals surface area (Å²) in [7, 11) is 0. The molecule has 4 heteroatoms. The van der Waals surface area contributed by atoms with Crippen molar-refractivity contribution < 1.29 is 9.53 Å². The standard InChI is InChI=1S/C17H17ClO2S/c1-2-10-20-15-8-6-13(7-9-15)17(19)12-21-16-5-3-4-14(18)11-16/h3-9,11H,2,10,12H2,1H3. The molecule has 0 aromatic heterocycles. The van der Waals surface area contributed by atoms with Gasteiger partial charge in [0.1, 0.15) is 5.75 Å². The summed E-state index contributed by atoms with van der Waals surface area (Å²) in [5.41, 5.74) is 0.702. The first-order valence-corrected chi connectivity index (χ1v) is 8.20. The Morgan fingerprint density at radius 1 is 1.19 bits per heavy atom.